The Bertz CT molecular complexity index is 2300. The molecule has 0 saturated carbocycles. The van der Waals surface area contributed by atoms with Crippen molar-refractivity contribution in [1.29, 1.82) is 0 Å². The molecule has 0 N–H and O–H groups in total. The Kier molecular flexibility index (Phi) is 8.06. The highest BCUT2D eigenvalue weighted by Gasteiger charge is 2.15. The molecule has 0 amide bonds. The summed E-state index contributed by atoms with van der Waals surface area (Å²) >= 11 is 0. The van der Waals surface area contributed by atoms with E-state index in [-0.39, 0.29) is 0 Å². The van der Waals surface area contributed by atoms with Crippen LogP contribution in [0.4, 0.5) is 0 Å². The van der Waals surface area contributed by atoms with E-state index >= 15 is 0 Å². The van der Waals surface area contributed by atoms with E-state index in [0.29, 0.717) is 17.5 Å². The van der Waals surface area contributed by atoms with Crippen LogP contribution < -0.4 is 0 Å². The summed E-state index contributed by atoms with van der Waals surface area (Å²) < 4.78 is 0. The van der Waals surface area contributed by atoms with Gasteiger partial charge < -0.3 is 0 Å². The molecule has 5 heteroatoms. The summed E-state index contributed by atoms with van der Waals surface area (Å²) in [6, 6.07) is 55.9. The summed E-state index contributed by atoms with van der Waals surface area (Å²) in [6.07, 6.45) is 1.82. The van der Waals surface area contributed by atoms with Crippen molar-refractivity contribution >= 4 is 0 Å². The van der Waals surface area contributed by atoms with Gasteiger partial charge in [0.15, 0.2) is 17.5 Å². The van der Waals surface area contributed by atoms with Crippen LogP contribution in [0.2, 0.25) is 0 Å². The molecule has 0 aliphatic carbocycles. The van der Waals surface area contributed by atoms with Gasteiger partial charge in [-0.05, 0) is 71.6 Å². The van der Waals surface area contributed by atoms with Crippen molar-refractivity contribution in [2.75, 3.05) is 0 Å². The number of rotatable bonds is 7. The highest BCUT2D eigenvalue weighted by atomic mass is 15.0. The van der Waals surface area contributed by atoms with Gasteiger partial charge in [0.2, 0.25) is 0 Å². The van der Waals surface area contributed by atoms with Crippen molar-refractivity contribution in [2.45, 2.75) is 6.92 Å². The molecule has 0 fully saturated rings. The van der Waals surface area contributed by atoms with Crippen LogP contribution in [-0.2, 0) is 0 Å². The van der Waals surface area contributed by atoms with E-state index < -0.39 is 0 Å². The zero-order valence-corrected chi connectivity index (χ0v) is 26.9. The molecule has 3 heterocycles. The summed E-state index contributed by atoms with van der Waals surface area (Å²) in [6.45, 7) is 2.02. The molecule has 232 valence electrons. The topological polar surface area (TPSA) is 64.5 Å². The predicted molar refractivity (Wildman–Crippen MR) is 198 cm³/mol. The molecule has 0 spiro atoms. The van der Waals surface area contributed by atoms with Crippen LogP contribution in [0, 0.1) is 6.92 Å². The van der Waals surface area contributed by atoms with Crippen molar-refractivity contribution in [1.82, 2.24) is 24.9 Å². The van der Waals surface area contributed by atoms with Crippen LogP contribution in [-0.4, -0.2) is 24.9 Å². The van der Waals surface area contributed by atoms with Gasteiger partial charge >= 0.3 is 0 Å². The van der Waals surface area contributed by atoms with Gasteiger partial charge in [-0.2, -0.15) is 0 Å². The molecule has 5 nitrogen and oxygen atoms in total. The van der Waals surface area contributed by atoms with Gasteiger partial charge in [0.05, 0.1) is 11.4 Å². The molecule has 0 aliphatic rings. The number of hydrogen-bond acceptors (Lipinski definition) is 5. The number of aryl methyl sites for hydroxylation is 1. The fourth-order valence-corrected chi connectivity index (χ4v) is 5.93. The van der Waals surface area contributed by atoms with Crippen molar-refractivity contribution in [3.8, 4) is 78.9 Å². The van der Waals surface area contributed by atoms with Crippen LogP contribution in [0.5, 0.6) is 0 Å². The Morgan fingerprint density at radius 2 is 0.755 bits per heavy atom. The van der Waals surface area contributed by atoms with Crippen molar-refractivity contribution in [3.05, 3.63) is 176 Å². The minimum atomic E-state index is 0.612. The molecule has 0 radical (unpaired) electrons. The Balaban J connectivity index is 1.27. The molecule has 5 aromatic carbocycles. The van der Waals surface area contributed by atoms with E-state index in [0.717, 1.165) is 67.2 Å². The van der Waals surface area contributed by atoms with Crippen LogP contribution in [0.1, 0.15) is 5.69 Å². The van der Waals surface area contributed by atoms with Crippen LogP contribution in [0.3, 0.4) is 0 Å². The third kappa shape index (κ3) is 6.51. The van der Waals surface area contributed by atoms with Crippen molar-refractivity contribution in [3.63, 3.8) is 0 Å². The first kappa shape index (κ1) is 29.8. The SMILES string of the molecule is Cc1cccc(-c2ccc(-c3cc(-c4ccc(-c5ccccn5)cc4)cc(-c4nc(-c5ccccc5)nc(-c5ccccc5)n4)c3)cc2)n1. The average Bonchev–Trinajstić information content (AvgIpc) is 3.19. The van der Waals surface area contributed by atoms with Gasteiger partial charge in [0.25, 0.3) is 0 Å². The maximum atomic E-state index is 5.05. The van der Waals surface area contributed by atoms with Gasteiger partial charge in [0.1, 0.15) is 0 Å². The van der Waals surface area contributed by atoms with Crippen molar-refractivity contribution < 1.29 is 0 Å². The third-order valence-corrected chi connectivity index (χ3v) is 8.47. The summed E-state index contributed by atoms with van der Waals surface area (Å²) in [5, 5.41) is 0. The second-order valence-corrected chi connectivity index (χ2v) is 11.9. The van der Waals surface area contributed by atoms with Gasteiger partial charge in [0, 0.05) is 39.7 Å². The van der Waals surface area contributed by atoms with E-state index in [1.807, 2.05) is 110 Å². The van der Waals surface area contributed by atoms with E-state index in [1.54, 1.807) is 0 Å². The zero-order chi connectivity index (χ0) is 33.0. The molecular formula is C44H31N5. The maximum Gasteiger partial charge on any atom is 0.164 e. The number of nitrogens with zero attached hydrogens (tertiary/aromatic N) is 5. The number of aromatic nitrogens is 5. The maximum absolute atomic E-state index is 5.05. The highest BCUT2D eigenvalue weighted by molar-refractivity contribution is 5.82. The first-order chi connectivity index (χ1) is 24.2. The minimum Gasteiger partial charge on any atom is -0.256 e. The molecule has 0 aliphatic heterocycles. The molecule has 8 aromatic rings. The van der Waals surface area contributed by atoms with E-state index in [2.05, 4.69) is 71.7 Å². The molecule has 0 unspecified atom stereocenters. The summed E-state index contributed by atoms with van der Waals surface area (Å²) in [5.41, 5.74) is 12.1. The van der Waals surface area contributed by atoms with E-state index in [9.17, 15) is 0 Å². The normalized spacial score (nSPS) is 11.0. The largest absolute Gasteiger partial charge is 0.256 e. The molecule has 49 heavy (non-hydrogen) atoms. The summed E-state index contributed by atoms with van der Waals surface area (Å²) in [7, 11) is 0. The van der Waals surface area contributed by atoms with Crippen LogP contribution in [0.25, 0.3) is 78.9 Å². The number of benzene rings is 5. The van der Waals surface area contributed by atoms with Crippen molar-refractivity contribution in [2.24, 2.45) is 0 Å². The Morgan fingerprint density at radius 3 is 1.27 bits per heavy atom. The van der Waals surface area contributed by atoms with Gasteiger partial charge in [-0.25, -0.2) is 15.0 Å². The fourth-order valence-electron chi connectivity index (χ4n) is 5.93. The fraction of sp³-hybridized carbons (Fsp3) is 0.0227. The van der Waals surface area contributed by atoms with Gasteiger partial charge in [-0.1, -0.05) is 121 Å². The first-order valence-electron chi connectivity index (χ1n) is 16.2. The van der Waals surface area contributed by atoms with Crippen LogP contribution >= 0.6 is 0 Å². The van der Waals surface area contributed by atoms with E-state index in [4.69, 9.17) is 19.9 Å². The predicted octanol–water partition coefficient (Wildman–Crippen LogP) is 10.6. The molecule has 0 saturated heterocycles. The Morgan fingerprint density at radius 1 is 0.306 bits per heavy atom. The third-order valence-electron chi connectivity index (χ3n) is 8.47. The average molecular weight is 630 g/mol. The first-order valence-corrected chi connectivity index (χ1v) is 16.2. The lowest BCUT2D eigenvalue weighted by Crippen LogP contribution is -2.00. The molecule has 0 bridgehead atoms. The van der Waals surface area contributed by atoms with Gasteiger partial charge in [-0.15, -0.1) is 0 Å². The smallest absolute Gasteiger partial charge is 0.164 e. The zero-order valence-electron chi connectivity index (χ0n) is 26.9. The quantitative estimate of drug-likeness (QED) is 0.175. The Hall–Kier alpha value is -6.59. The summed E-state index contributed by atoms with van der Waals surface area (Å²) in [5.74, 6) is 1.87. The Labute approximate surface area is 285 Å². The molecule has 8 rings (SSSR count). The molecular weight excluding hydrogens is 599 g/mol. The monoisotopic (exact) mass is 629 g/mol. The second kappa shape index (κ2) is 13.3. The second-order valence-electron chi connectivity index (χ2n) is 11.9. The number of hydrogen-bond donors (Lipinski definition) is 0. The summed E-state index contributed by atoms with van der Waals surface area (Å²) in [4.78, 5) is 24.3. The van der Waals surface area contributed by atoms with Crippen LogP contribution in [0.15, 0.2) is 170 Å². The van der Waals surface area contributed by atoms with E-state index in [1.165, 1.54) is 0 Å². The lowest BCUT2D eigenvalue weighted by atomic mass is 9.94. The minimum absolute atomic E-state index is 0.612. The lowest BCUT2D eigenvalue weighted by molar-refractivity contribution is 1.07. The highest BCUT2D eigenvalue weighted by Crippen LogP contribution is 2.35. The standard InChI is InChI=1S/C44H31N5/c1-30-11-10-17-41(46-30)34-24-20-32(21-25-34)38-27-37(31-18-22-33(23-19-31)40-16-8-9-26-45-40)28-39(29-38)44-48-42(35-12-4-2-5-13-35)47-43(49-44)36-14-6-3-7-15-36/h2-29H,1H3. The molecule has 3 aromatic heterocycles. The lowest BCUT2D eigenvalue weighted by Gasteiger charge is -2.13. The molecule has 0 atom stereocenters. The number of pyridine rings is 2. The van der Waals surface area contributed by atoms with Gasteiger partial charge in [-0.3, -0.25) is 9.97 Å².